The van der Waals surface area contributed by atoms with E-state index in [4.69, 9.17) is 9.47 Å². The molecule has 3 fully saturated rings. The molecule has 3 aliphatic rings. The highest BCUT2D eigenvalue weighted by molar-refractivity contribution is 6.04. The van der Waals surface area contributed by atoms with Crippen molar-refractivity contribution in [3.05, 3.63) is 85.5 Å². The number of carbonyl (C=O) groups excluding carboxylic acids is 4. The number of allylic oxidation sites excluding steroid dienone is 1. The Bertz CT molecular complexity index is 1600. The molecule has 3 heterocycles. The quantitative estimate of drug-likeness (QED) is 0.106. The highest BCUT2D eigenvalue weighted by atomic mass is 16.6. The Balaban J connectivity index is 1.46. The average molecular weight is 729 g/mol. The molecule has 3 aliphatic heterocycles. The van der Waals surface area contributed by atoms with Gasteiger partial charge in [0.25, 0.3) is 5.91 Å². The van der Waals surface area contributed by atoms with E-state index in [2.05, 4.69) is 37.2 Å². The van der Waals surface area contributed by atoms with Crippen LogP contribution in [0.25, 0.3) is 0 Å². The highest BCUT2D eigenvalue weighted by Crippen LogP contribution is 2.59. The number of aliphatic hydroxyl groups excluding tert-OH is 1. The SMILES string of the molecule is C=CCCC(=O)N[C@H](C)[C@@H](OC(=O)[C@@H]1[C@@H]2CC[C@]3(O2)[C@H](C(=O)N(CC=C)c2ccc(N(CC)CC)cc2)N(CCCCCO)C(=O)[C@@H]13)c1ccccc1. The number of rotatable bonds is 20. The van der Waals surface area contributed by atoms with E-state index < -0.39 is 47.7 Å². The van der Waals surface area contributed by atoms with Crippen molar-refractivity contribution in [2.24, 2.45) is 11.8 Å². The van der Waals surface area contributed by atoms with Gasteiger partial charge in [0.15, 0.2) is 0 Å². The minimum absolute atomic E-state index is 0.0356. The molecule has 11 heteroatoms. The largest absolute Gasteiger partial charge is 0.455 e. The van der Waals surface area contributed by atoms with E-state index in [1.807, 2.05) is 54.6 Å². The first-order valence-corrected chi connectivity index (χ1v) is 19.2. The second-order valence-corrected chi connectivity index (χ2v) is 14.2. The number of esters is 1. The highest BCUT2D eigenvalue weighted by Gasteiger charge is 2.75. The van der Waals surface area contributed by atoms with Crippen molar-refractivity contribution < 1.29 is 33.8 Å². The summed E-state index contributed by atoms with van der Waals surface area (Å²) >= 11 is 0. The third-order valence-electron chi connectivity index (χ3n) is 11.0. The number of anilines is 2. The van der Waals surface area contributed by atoms with Gasteiger partial charge in [0.1, 0.15) is 17.7 Å². The number of ether oxygens (including phenoxy) is 2. The first-order chi connectivity index (χ1) is 25.6. The van der Waals surface area contributed by atoms with Gasteiger partial charge in [0.05, 0.1) is 24.0 Å². The summed E-state index contributed by atoms with van der Waals surface area (Å²) in [6.45, 7) is 15.8. The summed E-state index contributed by atoms with van der Waals surface area (Å²) in [4.78, 5) is 62.2. The van der Waals surface area contributed by atoms with Crippen LogP contribution in [0.3, 0.4) is 0 Å². The molecule has 0 radical (unpaired) electrons. The third kappa shape index (κ3) is 8.21. The van der Waals surface area contributed by atoms with Crippen molar-refractivity contribution in [1.29, 1.82) is 0 Å². The van der Waals surface area contributed by atoms with E-state index in [9.17, 15) is 24.3 Å². The number of unbranched alkanes of at least 4 members (excludes halogenated alkanes) is 2. The van der Waals surface area contributed by atoms with Gasteiger partial charge in [-0.05, 0) is 89.1 Å². The summed E-state index contributed by atoms with van der Waals surface area (Å²) in [5, 5.41) is 12.4. The van der Waals surface area contributed by atoms with Gasteiger partial charge in [-0.25, -0.2) is 0 Å². The second-order valence-electron chi connectivity index (χ2n) is 14.2. The van der Waals surface area contributed by atoms with E-state index >= 15 is 0 Å². The number of benzene rings is 2. The van der Waals surface area contributed by atoms with Crippen LogP contribution in [-0.4, -0.2) is 90.3 Å². The molecule has 53 heavy (non-hydrogen) atoms. The molecule has 7 atom stereocenters. The monoisotopic (exact) mass is 728 g/mol. The van der Waals surface area contributed by atoms with Gasteiger partial charge in [-0.15, -0.1) is 13.2 Å². The Kier molecular flexibility index (Phi) is 13.5. The fourth-order valence-electron chi connectivity index (χ4n) is 8.48. The zero-order chi connectivity index (χ0) is 38.1. The Hall–Kier alpha value is -4.48. The van der Waals surface area contributed by atoms with Crippen LogP contribution in [0.5, 0.6) is 0 Å². The van der Waals surface area contributed by atoms with Crippen LogP contribution in [0, 0.1) is 11.8 Å². The molecule has 2 aromatic carbocycles. The van der Waals surface area contributed by atoms with E-state index in [0.29, 0.717) is 49.8 Å². The molecule has 2 N–H and O–H groups in total. The standard InChI is InChI=1S/C42H56N4O7/c1-6-10-19-34(48)43-29(5)37(30-17-13-11-14-18-30)52-41(51)35-33-24-25-42(53-33)36(35)39(49)46(27-15-12-16-28-47)38(42)40(50)45(26-7-2)32-22-20-31(21-23-32)44(8-3)9-4/h6-7,11,13-14,17-18,20-23,29,33,35-38,47H,1-2,8-10,12,15-16,19,24-28H2,3-5H3,(H,43,48)/t29-,33+,35-,36-,37-,38+,42-/m1/s1. The topological polar surface area (TPSA) is 129 Å². The number of carbonyl (C=O) groups is 4. The number of fused-ring (bicyclic) bond motifs is 1. The van der Waals surface area contributed by atoms with Crippen molar-refractivity contribution in [2.45, 2.75) is 95.6 Å². The number of hydrogen-bond acceptors (Lipinski definition) is 8. The first kappa shape index (κ1) is 39.7. The number of nitrogens with zero attached hydrogens (tertiary/aromatic N) is 3. The molecule has 1 spiro atoms. The summed E-state index contributed by atoms with van der Waals surface area (Å²) < 4.78 is 13.0. The Labute approximate surface area is 314 Å². The van der Waals surface area contributed by atoms with Crippen molar-refractivity contribution in [3.63, 3.8) is 0 Å². The molecule has 3 saturated heterocycles. The van der Waals surface area contributed by atoms with Crippen LogP contribution in [-0.2, 0) is 28.7 Å². The lowest BCUT2D eigenvalue weighted by Gasteiger charge is -2.37. The molecule has 2 aromatic rings. The molecular weight excluding hydrogens is 672 g/mol. The summed E-state index contributed by atoms with van der Waals surface area (Å²) in [7, 11) is 0. The zero-order valence-corrected chi connectivity index (χ0v) is 31.5. The van der Waals surface area contributed by atoms with E-state index in [1.165, 1.54) is 0 Å². The van der Waals surface area contributed by atoms with Crippen molar-refractivity contribution in [2.75, 3.05) is 42.6 Å². The van der Waals surface area contributed by atoms with Crippen LogP contribution in [0.1, 0.15) is 77.4 Å². The maximum Gasteiger partial charge on any atom is 0.313 e. The Morgan fingerprint density at radius 2 is 1.74 bits per heavy atom. The molecule has 0 aliphatic carbocycles. The molecule has 286 valence electrons. The molecule has 5 rings (SSSR count). The summed E-state index contributed by atoms with van der Waals surface area (Å²) in [5.74, 6) is -3.19. The zero-order valence-electron chi connectivity index (χ0n) is 31.5. The van der Waals surface area contributed by atoms with Crippen LogP contribution >= 0.6 is 0 Å². The smallest absolute Gasteiger partial charge is 0.313 e. The maximum atomic E-state index is 14.9. The number of likely N-dealkylation sites (tertiary alicyclic amines) is 1. The van der Waals surface area contributed by atoms with Crippen LogP contribution < -0.4 is 15.1 Å². The lowest BCUT2D eigenvalue weighted by molar-refractivity contribution is -0.162. The fourth-order valence-corrected chi connectivity index (χ4v) is 8.48. The number of aliphatic hydroxyl groups is 1. The Morgan fingerprint density at radius 1 is 1.04 bits per heavy atom. The molecule has 0 unspecified atom stereocenters. The summed E-state index contributed by atoms with van der Waals surface area (Å²) in [6, 6.07) is 15.5. The first-order valence-electron chi connectivity index (χ1n) is 19.2. The lowest BCUT2D eigenvalue weighted by atomic mass is 9.70. The van der Waals surface area contributed by atoms with Gasteiger partial charge in [0.2, 0.25) is 11.8 Å². The molecule has 0 saturated carbocycles. The third-order valence-corrected chi connectivity index (χ3v) is 11.0. The second kappa shape index (κ2) is 18.0. The van der Waals surface area contributed by atoms with Crippen LogP contribution in [0.4, 0.5) is 11.4 Å². The molecule has 3 amide bonds. The minimum Gasteiger partial charge on any atom is -0.455 e. The van der Waals surface area contributed by atoms with Gasteiger partial charge in [-0.3, -0.25) is 19.2 Å². The van der Waals surface area contributed by atoms with Gasteiger partial charge >= 0.3 is 5.97 Å². The number of hydrogen-bond donors (Lipinski definition) is 2. The minimum atomic E-state index is -1.22. The molecule has 2 bridgehead atoms. The molecule has 11 nitrogen and oxygen atoms in total. The summed E-state index contributed by atoms with van der Waals surface area (Å²) in [5.41, 5.74) is 1.21. The van der Waals surface area contributed by atoms with Crippen molar-refractivity contribution in [1.82, 2.24) is 10.2 Å². The number of amides is 3. The lowest BCUT2D eigenvalue weighted by Crippen LogP contribution is -2.56. The fraction of sp³-hybridized carbons (Fsp3) is 0.524. The van der Waals surface area contributed by atoms with Gasteiger partial charge in [-0.2, -0.15) is 0 Å². The average Bonchev–Trinajstić information content (AvgIpc) is 3.81. The van der Waals surface area contributed by atoms with Crippen molar-refractivity contribution in [3.8, 4) is 0 Å². The van der Waals surface area contributed by atoms with Gasteiger partial charge in [-0.1, -0.05) is 42.5 Å². The van der Waals surface area contributed by atoms with Crippen LogP contribution in [0.15, 0.2) is 79.9 Å². The van der Waals surface area contributed by atoms with E-state index in [0.717, 1.165) is 18.8 Å². The van der Waals surface area contributed by atoms with E-state index in [-0.39, 0.29) is 43.8 Å². The predicted molar refractivity (Wildman–Crippen MR) is 205 cm³/mol. The normalized spacial score (nSPS) is 23.9. The van der Waals surface area contributed by atoms with Gasteiger partial charge < -0.3 is 34.6 Å². The summed E-state index contributed by atoms with van der Waals surface area (Å²) in [6.07, 6.45) is 5.47. The van der Waals surface area contributed by atoms with Gasteiger partial charge in [0, 0.05) is 50.6 Å². The number of nitrogens with one attached hydrogen (secondary N) is 1. The molecular formula is C42H56N4O7. The molecule has 0 aromatic heterocycles. The van der Waals surface area contributed by atoms with Crippen molar-refractivity contribution >= 4 is 35.1 Å². The maximum absolute atomic E-state index is 14.9. The Morgan fingerprint density at radius 3 is 2.38 bits per heavy atom. The predicted octanol–water partition coefficient (Wildman–Crippen LogP) is 5.34. The van der Waals surface area contributed by atoms with E-state index in [1.54, 1.807) is 28.9 Å². The van der Waals surface area contributed by atoms with Crippen LogP contribution in [0.2, 0.25) is 0 Å².